The average Bonchev–Trinajstić information content (AvgIpc) is 2.86. The molecule has 25 heavy (non-hydrogen) atoms. The van der Waals surface area contributed by atoms with Gasteiger partial charge in [-0.05, 0) is 36.4 Å². The van der Waals surface area contributed by atoms with Crippen molar-refractivity contribution in [3.05, 3.63) is 47.5 Å². The molecule has 0 aromatic heterocycles. The van der Waals surface area contributed by atoms with E-state index in [1.807, 2.05) is 18.2 Å². The molecule has 6 nitrogen and oxygen atoms in total. The van der Waals surface area contributed by atoms with E-state index in [9.17, 15) is 4.79 Å². The fourth-order valence-electron chi connectivity index (χ4n) is 2.78. The van der Waals surface area contributed by atoms with Crippen LogP contribution in [0.1, 0.15) is 15.9 Å². The Morgan fingerprint density at radius 1 is 0.920 bits per heavy atom. The largest absolute Gasteiger partial charge is 0.492 e. The maximum atomic E-state index is 12.5. The summed E-state index contributed by atoms with van der Waals surface area (Å²) in [5.41, 5.74) is 2.30. The lowest BCUT2D eigenvalue weighted by atomic mass is 10.1. The molecular weight excluding hydrogens is 344 g/mol. The number of fused-ring (bicyclic) bond motifs is 2. The molecule has 4 rings (SSSR count). The fourth-order valence-corrected chi connectivity index (χ4v) is 2.78. The van der Waals surface area contributed by atoms with Gasteiger partial charge in [0, 0.05) is 29.9 Å². The summed E-state index contributed by atoms with van der Waals surface area (Å²) in [7, 11) is 0. The van der Waals surface area contributed by atoms with Gasteiger partial charge in [0.25, 0.3) is 5.91 Å². The zero-order chi connectivity index (χ0) is 16.4. The Bertz CT molecular complexity index is 782. The van der Waals surface area contributed by atoms with E-state index in [4.69, 9.17) is 14.2 Å². The van der Waals surface area contributed by atoms with Crippen molar-refractivity contribution < 1.29 is 19.0 Å². The maximum Gasteiger partial charge on any atom is 0.255 e. The van der Waals surface area contributed by atoms with E-state index in [0.29, 0.717) is 36.9 Å². The number of ether oxygens (including phenoxy) is 3. The monoisotopic (exact) mass is 362 g/mol. The number of nitrogens with one attached hydrogen (secondary N) is 2. The minimum atomic E-state index is -0.186. The summed E-state index contributed by atoms with van der Waals surface area (Å²) < 4.78 is 16.6. The lowest BCUT2D eigenvalue weighted by Crippen LogP contribution is -2.17. The number of amides is 1. The Kier molecular flexibility index (Phi) is 5.31. The molecule has 0 spiro atoms. The third kappa shape index (κ3) is 3.81. The second-order valence-corrected chi connectivity index (χ2v) is 5.66. The normalized spacial score (nSPS) is 15.0. The van der Waals surface area contributed by atoms with Crippen LogP contribution in [0.3, 0.4) is 0 Å². The molecule has 2 heterocycles. The third-order valence-electron chi connectivity index (χ3n) is 3.97. The van der Waals surface area contributed by atoms with Crippen molar-refractivity contribution in [2.75, 3.05) is 31.7 Å². The van der Waals surface area contributed by atoms with Gasteiger partial charge in [-0.15, -0.1) is 12.4 Å². The van der Waals surface area contributed by atoms with Crippen LogP contribution in [0, 0.1) is 0 Å². The number of benzene rings is 2. The highest BCUT2D eigenvalue weighted by atomic mass is 35.5. The zero-order valence-electron chi connectivity index (χ0n) is 13.5. The summed E-state index contributed by atoms with van der Waals surface area (Å²) >= 11 is 0. The lowest BCUT2D eigenvalue weighted by Gasteiger charge is -2.18. The van der Waals surface area contributed by atoms with Crippen LogP contribution >= 0.6 is 12.4 Å². The summed E-state index contributed by atoms with van der Waals surface area (Å²) in [5, 5.41) is 6.20. The molecule has 1 amide bonds. The molecule has 132 valence electrons. The van der Waals surface area contributed by atoms with Gasteiger partial charge in [0.2, 0.25) is 0 Å². The van der Waals surface area contributed by atoms with Crippen LogP contribution in [-0.2, 0) is 6.54 Å². The average molecular weight is 363 g/mol. The Morgan fingerprint density at radius 2 is 1.68 bits per heavy atom. The molecule has 0 fully saturated rings. The Hall–Kier alpha value is -2.44. The highest BCUT2D eigenvalue weighted by Gasteiger charge is 2.16. The minimum Gasteiger partial charge on any atom is -0.492 e. The zero-order valence-corrected chi connectivity index (χ0v) is 14.4. The van der Waals surface area contributed by atoms with Gasteiger partial charge < -0.3 is 24.8 Å². The molecular formula is C18H19ClN2O4. The summed E-state index contributed by atoms with van der Waals surface area (Å²) in [6.45, 7) is 3.21. The van der Waals surface area contributed by atoms with Gasteiger partial charge in [-0.25, -0.2) is 0 Å². The van der Waals surface area contributed by atoms with Gasteiger partial charge >= 0.3 is 0 Å². The minimum absolute atomic E-state index is 0. The first-order chi connectivity index (χ1) is 11.8. The molecule has 2 aromatic rings. The number of carbonyl (C=O) groups excluding carboxylic acids is 1. The molecule has 0 atom stereocenters. The van der Waals surface area contributed by atoms with Crippen LogP contribution in [0.15, 0.2) is 36.4 Å². The van der Waals surface area contributed by atoms with Crippen molar-refractivity contribution in [1.82, 2.24) is 5.32 Å². The van der Waals surface area contributed by atoms with Gasteiger partial charge in [-0.1, -0.05) is 0 Å². The second kappa shape index (κ2) is 7.63. The van der Waals surface area contributed by atoms with E-state index in [-0.39, 0.29) is 18.3 Å². The maximum absolute atomic E-state index is 12.5. The number of anilines is 1. The first kappa shape index (κ1) is 17.4. The van der Waals surface area contributed by atoms with Gasteiger partial charge in [0.1, 0.15) is 25.6 Å². The Balaban J connectivity index is 0.00000182. The molecule has 0 unspecified atom stereocenters. The molecule has 2 aliphatic rings. The van der Waals surface area contributed by atoms with Gasteiger partial charge in [0.05, 0.1) is 0 Å². The highest BCUT2D eigenvalue weighted by molar-refractivity contribution is 6.04. The Labute approximate surface area is 151 Å². The predicted octanol–water partition coefficient (Wildman–Crippen LogP) is 2.61. The topological polar surface area (TPSA) is 68.8 Å². The molecule has 0 saturated heterocycles. The quantitative estimate of drug-likeness (QED) is 0.859. The number of carbonyl (C=O) groups is 1. The van der Waals surface area contributed by atoms with Crippen LogP contribution in [-0.4, -0.2) is 32.3 Å². The second-order valence-electron chi connectivity index (χ2n) is 5.66. The fraction of sp³-hybridized carbons (Fsp3) is 0.278. The van der Waals surface area contributed by atoms with E-state index in [1.54, 1.807) is 18.2 Å². The molecule has 7 heteroatoms. The molecule has 0 bridgehead atoms. The lowest BCUT2D eigenvalue weighted by molar-refractivity contribution is 0.102. The first-order valence-corrected chi connectivity index (χ1v) is 7.97. The van der Waals surface area contributed by atoms with Crippen molar-refractivity contribution in [1.29, 1.82) is 0 Å². The van der Waals surface area contributed by atoms with Gasteiger partial charge in [-0.2, -0.15) is 0 Å². The summed E-state index contributed by atoms with van der Waals surface area (Å²) in [6, 6.07) is 10.9. The van der Waals surface area contributed by atoms with Crippen LogP contribution in [0.25, 0.3) is 0 Å². The number of halogens is 1. The van der Waals surface area contributed by atoms with Crippen LogP contribution < -0.4 is 24.8 Å². The molecule has 0 saturated carbocycles. The molecule has 0 radical (unpaired) electrons. The SMILES string of the molecule is Cl.O=C(Nc1ccc2c(c1)CNCCO2)c1ccc2c(c1)OCCO2. The number of hydrogen-bond donors (Lipinski definition) is 2. The van der Waals surface area contributed by atoms with Gasteiger partial charge in [-0.3, -0.25) is 4.79 Å². The highest BCUT2D eigenvalue weighted by Crippen LogP contribution is 2.31. The summed E-state index contributed by atoms with van der Waals surface area (Å²) in [4.78, 5) is 12.5. The van der Waals surface area contributed by atoms with E-state index in [1.165, 1.54) is 0 Å². The van der Waals surface area contributed by atoms with Crippen molar-refractivity contribution >= 4 is 24.0 Å². The first-order valence-electron chi connectivity index (χ1n) is 7.97. The van der Waals surface area contributed by atoms with E-state index < -0.39 is 0 Å². The standard InChI is InChI=1S/C18H18N2O4.ClH/c21-18(12-1-3-16-17(10-12)24-8-7-23-16)20-14-2-4-15-13(9-14)11-19-5-6-22-15;/h1-4,9-10,19H,5-8,11H2,(H,20,21);1H. The van der Waals surface area contributed by atoms with Crippen LogP contribution in [0.2, 0.25) is 0 Å². The molecule has 2 N–H and O–H groups in total. The molecule has 2 aromatic carbocycles. The van der Waals surface area contributed by atoms with Crippen LogP contribution in [0.4, 0.5) is 5.69 Å². The third-order valence-corrected chi connectivity index (χ3v) is 3.97. The van der Waals surface area contributed by atoms with Crippen molar-refractivity contribution in [3.63, 3.8) is 0 Å². The van der Waals surface area contributed by atoms with E-state index >= 15 is 0 Å². The molecule has 0 aliphatic carbocycles. The van der Waals surface area contributed by atoms with E-state index in [0.717, 1.165) is 30.1 Å². The number of hydrogen-bond acceptors (Lipinski definition) is 5. The van der Waals surface area contributed by atoms with Crippen molar-refractivity contribution in [2.24, 2.45) is 0 Å². The number of rotatable bonds is 2. The summed E-state index contributed by atoms with van der Waals surface area (Å²) in [6.07, 6.45) is 0. The van der Waals surface area contributed by atoms with E-state index in [2.05, 4.69) is 10.6 Å². The summed E-state index contributed by atoms with van der Waals surface area (Å²) in [5.74, 6) is 1.95. The van der Waals surface area contributed by atoms with Gasteiger partial charge in [0.15, 0.2) is 11.5 Å². The van der Waals surface area contributed by atoms with Crippen molar-refractivity contribution in [2.45, 2.75) is 6.54 Å². The van der Waals surface area contributed by atoms with Crippen LogP contribution in [0.5, 0.6) is 17.2 Å². The predicted molar refractivity (Wildman–Crippen MR) is 96.3 cm³/mol. The smallest absolute Gasteiger partial charge is 0.255 e. The Morgan fingerprint density at radius 3 is 2.56 bits per heavy atom. The molecule has 2 aliphatic heterocycles. The van der Waals surface area contributed by atoms with Crippen molar-refractivity contribution in [3.8, 4) is 17.2 Å².